The molecule has 3 nitrogen and oxygen atoms in total. The van der Waals surface area contributed by atoms with E-state index in [9.17, 15) is 4.79 Å². The lowest BCUT2D eigenvalue weighted by Gasteiger charge is -2.07. The zero-order chi connectivity index (χ0) is 15.2. The molecule has 0 saturated carbocycles. The Morgan fingerprint density at radius 3 is 2.43 bits per heavy atom. The summed E-state index contributed by atoms with van der Waals surface area (Å²) in [6, 6.07) is 13.1. The van der Waals surface area contributed by atoms with Crippen molar-refractivity contribution in [2.45, 2.75) is 6.92 Å². The molecule has 0 unspecified atom stereocenters. The number of ether oxygens (including phenoxy) is 2. The molecule has 0 N–H and O–H groups in total. The van der Waals surface area contributed by atoms with Crippen molar-refractivity contribution in [3.8, 4) is 11.5 Å². The lowest BCUT2D eigenvalue weighted by Crippen LogP contribution is -1.94. The van der Waals surface area contributed by atoms with E-state index >= 15 is 0 Å². The van der Waals surface area contributed by atoms with Gasteiger partial charge in [-0.15, -0.1) is 0 Å². The summed E-state index contributed by atoms with van der Waals surface area (Å²) in [7, 11) is 3.18. The summed E-state index contributed by atoms with van der Waals surface area (Å²) in [6.07, 6.45) is 3.34. The van der Waals surface area contributed by atoms with Crippen LogP contribution in [-0.2, 0) is 0 Å². The molecular formula is C18H18O3. The molecule has 0 spiro atoms. The maximum Gasteiger partial charge on any atom is 0.185 e. The summed E-state index contributed by atoms with van der Waals surface area (Å²) < 4.78 is 10.4. The third-order valence-corrected chi connectivity index (χ3v) is 3.14. The van der Waals surface area contributed by atoms with E-state index in [1.165, 1.54) is 0 Å². The van der Waals surface area contributed by atoms with Crippen LogP contribution in [0.15, 0.2) is 48.5 Å². The lowest BCUT2D eigenvalue weighted by atomic mass is 10.1. The van der Waals surface area contributed by atoms with E-state index in [-0.39, 0.29) is 5.78 Å². The first kappa shape index (κ1) is 14.9. The fourth-order valence-corrected chi connectivity index (χ4v) is 2.02. The number of rotatable bonds is 5. The number of allylic oxidation sites excluding steroid dienone is 1. The number of carbonyl (C=O) groups excluding carboxylic acids is 1. The summed E-state index contributed by atoms with van der Waals surface area (Å²) in [5.41, 5.74) is 2.64. The van der Waals surface area contributed by atoms with Gasteiger partial charge in [-0.05, 0) is 36.8 Å². The van der Waals surface area contributed by atoms with E-state index in [0.29, 0.717) is 17.1 Å². The first-order chi connectivity index (χ1) is 10.1. The second-order valence-electron chi connectivity index (χ2n) is 4.68. The van der Waals surface area contributed by atoms with Crippen molar-refractivity contribution in [3.63, 3.8) is 0 Å². The van der Waals surface area contributed by atoms with Gasteiger partial charge in [0.1, 0.15) is 0 Å². The molecule has 0 aliphatic heterocycles. The van der Waals surface area contributed by atoms with Crippen molar-refractivity contribution in [1.82, 2.24) is 0 Å². The molecule has 108 valence electrons. The molecule has 0 atom stereocenters. The van der Waals surface area contributed by atoms with Crippen LogP contribution in [-0.4, -0.2) is 20.0 Å². The van der Waals surface area contributed by atoms with E-state index < -0.39 is 0 Å². The van der Waals surface area contributed by atoms with Gasteiger partial charge in [-0.25, -0.2) is 0 Å². The molecule has 3 heteroatoms. The quantitative estimate of drug-likeness (QED) is 0.616. The highest BCUT2D eigenvalue weighted by molar-refractivity contribution is 6.06. The second kappa shape index (κ2) is 6.75. The number of aryl methyl sites for hydroxylation is 1. The van der Waals surface area contributed by atoms with Crippen LogP contribution in [0.1, 0.15) is 21.5 Å². The predicted molar refractivity (Wildman–Crippen MR) is 84.1 cm³/mol. The smallest absolute Gasteiger partial charge is 0.185 e. The molecule has 0 aliphatic rings. The summed E-state index contributed by atoms with van der Waals surface area (Å²) in [5, 5.41) is 0. The average Bonchev–Trinajstić information content (AvgIpc) is 2.52. The van der Waals surface area contributed by atoms with E-state index in [1.807, 2.05) is 49.4 Å². The third kappa shape index (κ3) is 3.72. The summed E-state index contributed by atoms with van der Waals surface area (Å²) in [5.74, 6) is 1.29. The number of hydrogen-bond donors (Lipinski definition) is 0. The maximum absolute atomic E-state index is 12.1. The van der Waals surface area contributed by atoms with Crippen molar-refractivity contribution in [2.24, 2.45) is 0 Å². The fraction of sp³-hybridized carbons (Fsp3) is 0.167. The molecule has 0 heterocycles. The molecule has 2 rings (SSSR count). The standard InChI is InChI=1S/C18H18O3/c1-13-5-4-6-15(11-13)16(19)9-7-14-8-10-17(20-2)18(12-14)21-3/h4-12H,1-3H3. The van der Waals surface area contributed by atoms with E-state index in [1.54, 1.807) is 26.4 Å². The number of benzene rings is 2. The van der Waals surface area contributed by atoms with Crippen molar-refractivity contribution in [3.05, 3.63) is 65.2 Å². The molecular weight excluding hydrogens is 264 g/mol. The van der Waals surface area contributed by atoms with Crippen molar-refractivity contribution < 1.29 is 14.3 Å². The Morgan fingerprint density at radius 2 is 1.76 bits per heavy atom. The second-order valence-corrected chi connectivity index (χ2v) is 4.68. The average molecular weight is 282 g/mol. The number of ketones is 1. The fourth-order valence-electron chi connectivity index (χ4n) is 2.02. The number of hydrogen-bond acceptors (Lipinski definition) is 3. The van der Waals surface area contributed by atoms with Crippen LogP contribution in [0.25, 0.3) is 6.08 Å². The van der Waals surface area contributed by atoms with Crippen LogP contribution in [0.5, 0.6) is 11.5 Å². The summed E-state index contributed by atoms with van der Waals surface area (Å²) in [6.45, 7) is 1.97. The van der Waals surface area contributed by atoms with Gasteiger partial charge in [-0.3, -0.25) is 4.79 Å². The lowest BCUT2D eigenvalue weighted by molar-refractivity contribution is 0.104. The third-order valence-electron chi connectivity index (χ3n) is 3.14. The van der Waals surface area contributed by atoms with E-state index in [2.05, 4.69) is 0 Å². The predicted octanol–water partition coefficient (Wildman–Crippen LogP) is 3.91. The summed E-state index contributed by atoms with van der Waals surface area (Å²) >= 11 is 0. The zero-order valence-electron chi connectivity index (χ0n) is 12.4. The van der Waals surface area contributed by atoms with Crippen LogP contribution in [0, 0.1) is 6.92 Å². The Morgan fingerprint density at radius 1 is 1.00 bits per heavy atom. The highest BCUT2D eigenvalue weighted by Gasteiger charge is 2.04. The monoisotopic (exact) mass is 282 g/mol. The van der Waals surface area contributed by atoms with Gasteiger partial charge in [0.05, 0.1) is 14.2 Å². The van der Waals surface area contributed by atoms with E-state index in [0.717, 1.165) is 11.1 Å². The molecule has 0 aliphatic carbocycles. The maximum atomic E-state index is 12.1. The topological polar surface area (TPSA) is 35.5 Å². The Labute approximate surface area is 124 Å². The molecule has 0 bridgehead atoms. The van der Waals surface area contributed by atoms with Crippen molar-refractivity contribution in [2.75, 3.05) is 14.2 Å². The van der Waals surface area contributed by atoms with Crippen molar-refractivity contribution in [1.29, 1.82) is 0 Å². The van der Waals surface area contributed by atoms with Gasteiger partial charge in [0, 0.05) is 5.56 Å². The molecule has 0 fully saturated rings. The molecule has 2 aromatic carbocycles. The van der Waals surface area contributed by atoms with Gasteiger partial charge in [-0.2, -0.15) is 0 Å². The SMILES string of the molecule is COc1ccc(C=CC(=O)c2cccc(C)c2)cc1OC. The highest BCUT2D eigenvalue weighted by Crippen LogP contribution is 2.28. The zero-order valence-corrected chi connectivity index (χ0v) is 12.4. The van der Waals surface area contributed by atoms with Crippen LogP contribution in [0.3, 0.4) is 0 Å². The normalized spacial score (nSPS) is 10.6. The van der Waals surface area contributed by atoms with Gasteiger partial charge in [0.15, 0.2) is 17.3 Å². The Balaban J connectivity index is 2.19. The van der Waals surface area contributed by atoms with Gasteiger partial charge in [-0.1, -0.05) is 35.9 Å². The van der Waals surface area contributed by atoms with E-state index in [4.69, 9.17) is 9.47 Å². The minimum absolute atomic E-state index is 0.0199. The highest BCUT2D eigenvalue weighted by atomic mass is 16.5. The molecule has 21 heavy (non-hydrogen) atoms. The molecule has 2 aromatic rings. The number of carbonyl (C=O) groups is 1. The van der Waals surface area contributed by atoms with Gasteiger partial charge in [0.2, 0.25) is 0 Å². The largest absolute Gasteiger partial charge is 0.493 e. The molecule has 0 amide bonds. The molecule has 0 saturated heterocycles. The first-order valence-electron chi connectivity index (χ1n) is 6.65. The minimum atomic E-state index is -0.0199. The Bertz CT molecular complexity index is 672. The van der Waals surface area contributed by atoms with Crippen LogP contribution in [0.4, 0.5) is 0 Å². The van der Waals surface area contributed by atoms with Crippen molar-refractivity contribution >= 4 is 11.9 Å². The van der Waals surface area contributed by atoms with Crippen LogP contribution < -0.4 is 9.47 Å². The molecule has 0 aromatic heterocycles. The first-order valence-corrected chi connectivity index (χ1v) is 6.65. The number of methoxy groups -OCH3 is 2. The summed E-state index contributed by atoms with van der Waals surface area (Å²) in [4.78, 5) is 12.1. The van der Waals surface area contributed by atoms with Gasteiger partial charge < -0.3 is 9.47 Å². The van der Waals surface area contributed by atoms with Gasteiger partial charge in [0.25, 0.3) is 0 Å². The Kier molecular flexibility index (Phi) is 4.77. The van der Waals surface area contributed by atoms with Crippen LogP contribution >= 0.6 is 0 Å². The van der Waals surface area contributed by atoms with Gasteiger partial charge >= 0.3 is 0 Å². The van der Waals surface area contributed by atoms with Crippen LogP contribution in [0.2, 0.25) is 0 Å². The molecule has 0 radical (unpaired) electrons. The minimum Gasteiger partial charge on any atom is -0.493 e. The Hall–Kier alpha value is -2.55.